The highest BCUT2D eigenvalue weighted by Crippen LogP contribution is 2.17. The van der Waals surface area contributed by atoms with E-state index in [0.29, 0.717) is 17.8 Å². The van der Waals surface area contributed by atoms with Gasteiger partial charge in [-0.15, -0.1) is 0 Å². The lowest BCUT2D eigenvalue weighted by molar-refractivity contribution is -0.122. The van der Waals surface area contributed by atoms with Gasteiger partial charge in [-0.05, 0) is 23.2 Å². The van der Waals surface area contributed by atoms with Crippen LogP contribution in [0.5, 0.6) is 5.75 Å². The third kappa shape index (κ3) is 6.12. The second kappa shape index (κ2) is 8.84. The second-order valence-electron chi connectivity index (χ2n) is 3.88. The van der Waals surface area contributed by atoms with Crippen molar-refractivity contribution in [3.63, 3.8) is 0 Å². The fourth-order valence-corrected chi connectivity index (χ4v) is 2.36. The highest BCUT2D eigenvalue weighted by Gasteiger charge is 2.10. The Morgan fingerprint density at radius 1 is 1.60 bits per heavy atom. The number of carbonyl (C=O) groups is 2. The third-order valence-electron chi connectivity index (χ3n) is 2.26. The predicted octanol–water partition coefficient (Wildman–Crippen LogP) is 1.62. The molecule has 0 radical (unpaired) electrons. The number of hydrogen-bond donors (Lipinski definition) is 2. The van der Waals surface area contributed by atoms with Crippen LogP contribution in [0.4, 0.5) is 0 Å². The topological polar surface area (TPSA) is 115 Å². The van der Waals surface area contributed by atoms with Crippen molar-refractivity contribution in [3.8, 4) is 5.75 Å². The molecule has 0 aromatic heterocycles. The van der Waals surface area contributed by atoms with Gasteiger partial charge in [0.15, 0.2) is 0 Å². The van der Waals surface area contributed by atoms with Crippen molar-refractivity contribution >= 4 is 24.0 Å². The van der Waals surface area contributed by atoms with E-state index in [2.05, 4.69) is 15.3 Å². The number of phenols is 1. The summed E-state index contributed by atoms with van der Waals surface area (Å²) in [6.45, 7) is -0.321. The van der Waals surface area contributed by atoms with Crippen LogP contribution < -0.4 is 5.32 Å². The molecule has 1 aromatic rings. The van der Waals surface area contributed by atoms with E-state index in [1.54, 1.807) is 18.2 Å². The maximum absolute atomic E-state index is 11.3. The number of rotatable bonds is 8. The zero-order valence-corrected chi connectivity index (χ0v) is 11.4. The Morgan fingerprint density at radius 3 is 3.05 bits per heavy atom. The highest BCUT2D eigenvalue weighted by molar-refractivity contribution is 7.98. The molecule has 0 fully saturated rings. The number of nitrogens with one attached hydrogen (secondary N) is 1. The monoisotopic (exact) mass is 294 g/mol. The van der Waals surface area contributed by atoms with Gasteiger partial charge in [0.1, 0.15) is 18.6 Å². The van der Waals surface area contributed by atoms with Gasteiger partial charge in [0, 0.05) is 16.4 Å². The van der Waals surface area contributed by atoms with Crippen molar-refractivity contribution in [2.45, 2.75) is 11.8 Å². The van der Waals surface area contributed by atoms with E-state index < -0.39 is 11.9 Å². The summed E-state index contributed by atoms with van der Waals surface area (Å²) in [5, 5.41) is 14.9. The first-order valence-electron chi connectivity index (χ1n) is 5.77. The molecule has 0 saturated heterocycles. The molecule has 0 spiro atoms. The van der Waals surface area contributed by atoms with Crippen LogP contribution in [0.2, 0.25) is 0 Å². The normalized spacial score (nSPS) is 11.2. The lowest BCUT2D eigenvalue weighted by Crippen LogP contribution is -2.39. The van der Waals surface area contributed by atoms with Crippen LogP contribution in [0.1, 0.15) is 5.56 Å². The Bertz CT molecular complexity index is 517. The van der Waals surface area contributed by atoms with E-state index in [1.165, 1.54) is 11.8 Å². The van der Waals surface area contributed by atoms with Crippen LogP contribution in [-0.4, -0.2) is 35.6 Å². The molecule has 0 aliphatic rings. The zero-order valence-electron chi connectivity index (χ0n) is 10.6. The summed E-state index contributed by atoms with van der Waals surface area (Å²) in [5.41, 5.74) is 9.01. The second-order valence-corrected chi connectivity index (χ2v) is 4.91. The van der Waals surface area contributed by atoms with Crippen LogP contribution in [-0.2, 0) is 15.3 Å². The molecule has 1 amide bonds. The summed E-state index contributed by atoms with van der Waals surface area (Å²) >= 11 is 1.45. The molecular formula is C12H14N4O3S. The third-order valence-corrected chi connectivity index (χ3v) is 3.40. The summed E-state index contributed by atoms with van der Waals surface area (Å²) in [5.74, 6) is 0.724. The lowest BCUT2D eigenvalue weighted by atomic mass is 10.2. The summed E-state index contributed by atoms with van der Waals surface area (Å²) in [4.78, 5) is 24.6. The van der Waals surface area contributed by atoms with E-state index in [0.717, 1.165) is 5.56 Å². The molecule has 0 aliphatic heterocycles. The largest absolute Gasteiger partial charge is 0.508 e. The molecule has 0 aliphatic carbocycles. The van der Waals surface area contributed by atoms with Crippen molar-refractivity contribution in [1.29, 1.82) is 0 Å². The number of phenolic OH excluding ortho intramolecular Hbond substituents is 1. The fraction of sp³-hybridized carbons (Fsp3) is 0.333. The number of azide groups is 1. The van der Waals surface area contributed by atoms with Gasteiger partial charge in [-0.1, -0.05) is 17.2 Å². The number of thioether (sulfide) groups is 1. The number of nitrogens with zero attached hydrogens (tertiary/aromatic N) is 3. The number of aldehydes is 1. The predicted molar refractivity (Wildman–Crippen MR) is 76.3 cm³/mol. The molecule has 1 aromatic carbocycles. The Kier molecular flexibility index (Phi) is 7.02. The van der Waals surface area contributed by atoms with Gasteiger partial charge in [0.2, 0.25) is 5.91 Å². The van der Waals surface area contributed by atoms with Crippen LogP contribution >= 0.6 is 11.8 Å². The fourth-order valence-electron chi connectivity index (χ4n) is 1.41. The number of benzene rings is 1. The molecule has 7 nitrogen and oxygen atoms in total. The first-order valence-corrected chi connectivity index (χ1v) is 6.92. The maximum Gasteiger partial charge on any atom is 0.226 e. The van der Waals surface area contributed by atoms with Crippen LogP contribution in [0, 0.1) is 0 Å². The molecule has 8 heteroatoms. The SMILES string of the molecule is [N-]=[N+]=NCC(=O)N[C@@H](C=O)CSCc1cccc(O)c1. The minimum Gasteiger partial charge on any atom is -0.508 e. The van der Waals surface area contributed by atoms with Gasteiger partial charge >= 0.3 is 0 Å². The molecule has 20 heavy (non-hydrogen) atoms. The summed E-state index contributed by atoms with van der Waals surface area (Å²) in [7, 11) is 0. The van der Waals surface area contributed by atoms with Gasteiger partial charge in [0.05, 0.1) is 6.04 Å². The van der Waals surface area contributed by atoms with Crippen LogP contribution in [0.25, 0.3) is 10.4 Å². The zero-order chi connectivity index (χ0) is 14.8. The van der Waals surface area contributed by atoms with Crippen molar-refractivity contribution in [2.24, 2.45) is 5.11 Å². The number of aromatic hydroxyl groups is 1. The first kappa shape index (κ1) is 15.9. The maximum atomic E-state index is 11.3. The molecule has 0 heterocycles. The van der Waals surface area contributed by atoms with E-state index in [4.69, 9.17) is 5.53 Å². The van der Waals surface area contributed by atoms with Crippen molar-refractivity contribution < 1.29 is 14.7 Å². The Balaban J connectivity index is 2.36. The number of hydrogen-bond acceptors (Lipinski definition) is 5. The van der Waals surface area contributed by atoms with E-state index >= 15 is 0 Å². The van der Waals surface area contributed by atoms with Crippen LogP contribution in [0.15, 0.2) is 29.4 Å². The number of amides is 1. The van der Waals surface area contributed by atoms with E-state index in [-0.39, 0.29) is 12.3 Å². The van der Waals surface area contributed by atoms with Gasteiger partial charge in [0.25, 0.3) is 0 Å². The lowest BCUT2D eigenvalue weighted by Gasteiger charge is -2.11. The van der Waals surface area contributed by atoms with Crippen molar-refractivity contribution in [3.05, 3.63) is 40.3 Å². The Morgan fingerprint density at radius 2 is 2.40 bits per heavy atom. The highest BCUT2D eigenvalue weighted by atomic mass is 32.2. The van der Waals surface area contributed by atoms with Crippen molar-refractivity contribution in [1.82, 2.24) is 5.32 Å². The minimum atomic E-state index is -0.626. The minimum absolute atomic E-state index is 0.192. The molecule has 2 N–H and O–H groups in total. The average molecular weight is 294 g/mol. The Labute approximate surface area is 120 Å². The average Bonchev–Trinajstić information content (AvgIpc) is 2.44. The number of carbonyl (C=O) groups excluding carboxylic acids is 2. The van der Waals surface area contributed by atoms with Gasteiger partial charge in [-0.2, -0.15) is 11.8 Å². The molecule has 0 saturated carbocycles. The van der Waals surface area contributed by atoms with E-state index in [9.17, 15) is 14.7 Å². The first-order chi connectivity index (χ1) is 9.65. The molecule has 1 rings (SSSR count). The van der Waals surface area contributed by atoms with E-state index in [1.807, 2.05) is 6.07 Å². The smallest absolute Gasteiger partial charge is 0.226 e. The summed E-state index contributed by atoms with van der Waals surface area (Å²) in [6, 6.07) is 6.20. The van der Waals surface area contributed by atoms with Gasteiger partial charge < -0.3 is 15.2 Å². The van der Waals surface area contributed by atoms with Crippen LogP contribution in [0.3, 0.4) is 0 Å². The molecular weight excluding hydrogens is 280 g/mol. The Hall–Kier alpha value is -2.18. The van der Waals surface area contributed by atoms with Crippen molar-refractivity contribution in [2.75, 3.05) is 12.3 Å². The molecule has 0 bridgehead atoms. The standard InChI is InChI=1S/C12H14N4O3S/c13-16-14-5-12(19)15-10(6-17)8-20-7-9-2-1-3-11(18)4-9/h1-4,6,10,18H,5,7-8H2,(H,15,19)/t10-/m0/s1. The molecule has 106 valence electrons. The summed E-state index contributed by atoms with van der Waals surface area (Å²) < 4.78 is 0. The molecule has 0 unspecified atom stereocenters. The summed E-state index contributed by atoms with van der Waals surface area (Å²) in [6.07, 6.45) is 0.642. The van der Waals surface area contributed by atoms with Gasteiger partial charge in [-0.25, -0.2) is 0 Å². The molecule has 1 atom stereocenters. The quantitative estimate of drug-likeness (QED) is 0.328. The van der Waals surface area contributed by atoms with Gasteiger partial charge in [-0.3, -0.25) is 4.79 Å².